The van der Waals surface area contributed by atoms with Gasteiger partial charge in [0.2, 0.25) is 0 Å². The molecular formula is C24H32ClN11O3. The number of aliphatic imine (C=N–C) groups is 1. The molecule has 1 fully saturated rings. The molecule has 1 aliphatic rings. The highest BCUT2D eigenvalue weighted by Crippen LogP contribution is 2.20. The third kappa shape index (κ3) is 7.83. The number of carbonyl (C=O) groups excluding carboxylic acids is 1. The molecule has 2 aromatic heterocycles. The number of halogens is 1. The number of piperidine rings is 1. The molecule has 4 rings (SSSR count). The molecule has 15 heteroatoms. The molecule has 0 saturated carbocycles. The Bertz CT molecular complexity index is 1290. The number of anilines is 2. The van der Waals surface area contributed by atoms with Crippen LogP contribution in [0.4, 0.5) is 11.6 Å². The number of aliphatic hydroxyl groups excluding tert-OH is 1. The third-order valence-electron chi connectivity index (χ3n) is 6.14. The Kier molecular flexibility index (Phi) is 9.59. The maximum atomic E-state index is 12.4. The summed E-state index contributed by atoms with van der Waals surface area (Å²) in [6, 6.07) is 8.25. The lowest BCUT2D eigenvalue weighted by molar-refractivity contribution is 0.0851. The topological polar surface area (TPSA) is 209 Å². The van der Waals surface area contributed by atoms with Gasteiger partial charge in [0.25, 0.3) is 5.91 Å². The molecule has 14 nitrogen and oxygen atoms in total. The number of carbonyl (C=O) groups is 1. The lowest BCUT2D eigenvalue weighted by Gasteiger charge is -2.30. The van der Waals surface area contributed by atoms with Gasteiger partial charge in [0, 0.05) is 25.2 Å². The lowest BCUT2D eigenvalue weighted by Crippen LogP contribution is -2.40. The van der Waals surface area contributed by atoms with Crippen LogP contribution in [0.15, 0.2) is 35.5 Å². The van der Waals surface area contributed by atoms with Crippen molar-refractivity contribution in [3.05, 3.63) is 46.9 Å². The summed E-state index contributed by atoms with van der Waals surface area (Å²) < 4.78 is 6.99. The van der Waals surface area contributed by atoms with Gasteiger partial charge in [-0.2, -0.15) is 0 Å². The van der Waals surface area contributed by atoms with Crippen LogP contribution in [-0.4, -0.2) is 85.8 Å². The predicted octanol–water partition coefficient (Wildman–Crippen LogP) is 0.271. The summed E-state index contributed by atoms with van der Waals surface area (Å²) in [5, 5.41) is 19.5. The summed E-state index contributed by atoms with van der Waals surface area (Å²) in [5.41, 5.74) is 20.0. The zero-order valence-corrected chi connectivity index (χ0v) is 22.1. The minimum atomic E-state index is -0.654. The summed E-state index contributed by atoms with van der Waals surface area (Å²) in [5.74, 6) is -0.871. The molecule has 208 valence electrons. The van der Waals surface area contributed by atoms with Gasteiger partial charge in [0.15, 0.2) is 28.4 Å². The Hall–Kier alpha value is -3.85. The maximum Gasteiger partial charge on any atom is 0.280 e. The average molecular weight is 558 g/mol. The van der Waals surface area contributed by atoms with E-state index in [-0.39, 0.29) is 41.1 Å². The number of aliphatic hydroxyl groups is 1. The van der Waals surface area contributed by atoms with E-state index in [2.05, 4.69) is 47.6 Å². The van der Waals surface area contributed by atoms with Crippen molar-refractivity contribution in [3.63, 3.8) is 0 Å². The minimum absolute atomic E-state index is 0.00412. The van der Waals surface area contributed by atoms with Crippen LogP contribution in [0, 0.1) is 0 Å². The normalized spacial score (nSPS) is 15.0. The molecule has 8 N–H and O–H groups in total. The van der Waals surface area contributed by atoms with E-state index in [9.17, 15) is 4.79 Å². The van der Waals surface area contributed by atoms with Crippen molar-refractivity contribution < 1.29 is 14.6 Å². The number of nitrogens with one attached hydrogen (secondary N) is 1. The SMILES string of the molecule is NC(=NC1CCN(Cc2ccc(-c3cn(CCOCCO)nn3)cc2)CC1)NC(=O)c1nc(Cl)c(N)nc1N. The van der Waals surface area contributed by atoms with Crippen molar-refractivity contribution in [3.8, 4) is 11.3 Å². The van der Waals surface area contributed by atoms with Crippen molar-refractivity contribution in [2.24, 2.45) is 10.7 Å². The molecule has 1 aromatic carbocycles. The largest absolute Gasteiger partial charge is 0.394 e. The predicted molar refractivity (Wildman–Crippen MR) is 147 cm³/mol. The Morgan fingerprint density at radius 2 is 1.90 bits per heavy atom. The quantitative estimate of drug-likeness (QED) is 0.130. The van der Waals surface area contributed by atoms with Crippen molar-refractivity contribution in [2.75, 3.05) is 44.4 Å². The van der Waals surface area contributed by atoms with Crippen molar-refractivity contribution >= 4 is 35.1 Å². The van der Waals surface area contributed by atoms with E-state index in [0.717, 1.165) is 43.7 Å². The first-order valence-corrected chi connectivity index (χ1v) is 12.8. The first kappa shape index (κ1) is 28.2. The van der Waals surface area contributed by atoms with Crippen LogP contribution in [-0.2, 0) is 17.8 Å². The number of hydrogen-bond acceptors (Lipinski definition) is 11. The van der Waals surface area contributed by atoms with Crippen LogP contribution >= 0.6 is 11.6 Å². The van der Waals surface area contributed by atoms with Crippen molar-refractivity contribution in [2.45, 2.75) is 32.0 Å². The van der Waals surface area contributed by atoms with E-state index in [0.29, 0.717) is 19.8 Å². The van der Waals surface area contributed by atoms with Crippen LogP contribution in [0.25, 0.3) is 11.3 Å². The van der Waals surface area contributed by atoms with E-state index >= 15 is 0 Å². The van der Waals surface area contributed by atoms with Crippen molar-refractivity contribution in [1.82, 2.24) is 35.2 Å². The first-order valence-electron chi connectivity index (χ1n) is 12.5. The third-order valence-corrected chi connectivity index (χ3v) is 6.41. The van der Waals surface area contributed by atoms with Gasteiger partial charge in [-0.25, -0.2) is 19.6 Å². The van der Waals surface area contributed by atoms with Gasteiger partial charge >= 0.3 is 0 Å². The highest BCUT2D eigenvalue weighted by atomic mass is 35.5. The molecule has 1 aliphatic heterocycles. The van der Waals surface area contributed by atoms with E-state index in [1.807, 2.05) is 18.3 Å². The second-order valence-electron chi connectivity index (χ2n) is 9.01. The molecule has 0 aliphatic carbocycles. The summed E-state index contributed by atoms with van der Waals surface area (Å²) in [4.78, 5) is 26.9. The van der Waals surface area contributed by atoms with E-state index in [1.165, 1.54) is 5.56 Å². The number of nitrogens with two attached hydrogens (primary N) is 3. The monoisotopic (exact) mass is 557 g/mol. The fraction of sp³-hybridized carbons (Fsp3) is 0.417. The minimum Gasteiger partial charge on any atom is -0.394 e. The highest BCUT2D eigenvalue weighted by Gasteiger charge is 2.21. The second-order valence-corrected chi connectivity index (χ2v) is 9.37. The van der Waals surface area contributed by atoms with E-state index in [1.54, 1.807) is 4.68 Å². The molecule has 39 heavy (non-hydrogen) atoms. The van der Waals surface area contributed by atoms with E-state index in [4.69, 9.17) is 38.6 Å². The Labute approximate surface area is 230 Å². The molecule has 0 atom stereocenters. The summed E-state index contributed by atoms with van der Waals surface area (Å²) >= 11 is 5.84. The standard InChI is InChI=1S/C24H32ClN11O3/c25-20-22(27)31-21(26)19(30-20)23(38)32-24(28)29-17-5-7-35(8-6-17)13-15-1-3-16(4-2-15)18-14-36(34-33-18)9-11-39-12-10-37/h1-4,14,17,37H,5-13H2,(H4,26,27,31)(H3,28,29,32,38). The van der Waals surface area contributed by atoms with Gasteiger partial charge in [-0.05, 0) is 18.4 Å². The summed E-state index contributed by atoms with van der Waals surface area (Å²) in [7, 11) is 0. The first-order chi connectivity index (χ1) is 18.8. The zero-order valence-electron chi connectivity index (χ0n) is 21.3. The van der Waals surface area contributed by atoms with Gasteiger partial charge < -0.3 is 27.0 Å². The van der Waals surface area contributed by atoms with Gasteiger partial charge in [-0.15, -0.1) is 5.10 Å². The summed E-state index contributed by atoms with van der Waals surface area (Å²) in [6.07, 6.45) is 3.48. The molecule has 1 saturated heterocycles. The van der Waals surface area contributed by atoms with Crippen LogP contribution in [0.1, 0.15) is 28.9 Å². The van der Waals surface area contributed by atoms with E-state index < -0.39 is 5.91 Å². The fourth-order valence-electron chi connectivity index (χ4n) is 4.12. The Balaban J connectivity index is 1.23. The molecule has 3 aromatic rings. The molecule has 3 heterocycles. The molecule has 0 unspecified atom stereocenters. The summed E-state index contributed by atoms with van der Waals surface area (Å²) in [6.45, 7) is 3.86. The number of nitrogens with zero attached hydrogens (tertiary/aromatic N) is 7. The van der Waals surface area contributed by atoms with Gasteiger partial charge in [0.1, 0.15) is 5.69 Å². The van der Waals surface area contributed by atoms with Gasteiger partial charge in [-0.3, -0.25) is 15.0 Å². The Morgan fingerprint density at radius 1 is 1.15 bits per heavy atom. The highest BCUT2D eigenvalue weighted by molar-refractivity contribution is 6.31. The van der Waals surface area contributed by atoms with Crippen LogP contribution in [0.5, 0.6) is 0 Å². The zero-order chi connectivity index (χ0) is 27.8. The second kappa shape index (κ2) is 13.3. The lowest BCUT2D eigenvalue weighted by atomic mass is 10.0. The number of ether oxygens (including phenoxy) is 1. The number of hydrogen-bond donors (Lipinski definition) is 5. The molecular weight excluding hydrogens is 526 g/mol. The number of nitrogen functional groups attached to an aromatic ring is 2. The van der Waals surface area contributed by atoms with Gasteiger partial charge in [0.05, 0.1) is 38.6 Å². The number of likely N-dealkylation sites (tertiary alicyclic amines) is 1. The molecule has 1 amide bonds. The molecule has 0 bridgehead atoms. The number of amides is 1. The smallest absolute Gasteiger partial charge is 0.280 e. The van der Waals surface area contributed by atoms with Gasteiger partial charge in [-0.1, -0.05) is 41.1 Å². The molecule has 0 spiro atoms. The molecule has 0 radical (unpaired) electrons. The fourth-order valence-corrected chi connectivity index (χ4v) is 4.25. The number of aromatic nitrogens is 5. The van der Waals surface area contributed by atoms with Crippen LogP contribution in [0.3, 0.4) is 0 Å². The van der Waals surface area contributed by atoms with Crippen LogP contribution < -0.4 is 22.5 Å². The number of benzene rings is 1. The number of guanidine groups is 1. The number of rotatable bonds is 10. The van der Waals surface area contributed by atoms with Crippen molar-refractivity contribution in [1.29, 1.82) is 0 Å². The maximum absolute atomic E-state index is 12.4. The van der Waals surface area contributed by atoms with Crippen LogP contribution in [0.2, 0.25) is 5.15 Å². The Morgan fingerprint density at radius 3 is 2.62 bits per heavy atom. The average Bonchev–Trinajstić information content (AvgIpc) is 3.39.